The van der Waals surface area contributed by atoms with Crippen LogP contribution in [-0.4, -0.2) is 21.5 Å². The lowest BCUT2D eigenvalue weighted by Gasteiger charge is -2.10. The van der Waals surface area contributed by atoms with Gasteiger partial charge in [0, 0.05) is 29.4 Å². The van der Waals surface area contributed by atoms with E-state index in [0.29, 0.717) is 5.78 Å². The van der Waals surface area contributed by atoms with Crippen molar-refractivity contribution in [3.8, 4) is 17.0 Å². The van der Waals surface area contributed by atoms with Crippen LogP contribution >= 0.6 is 0 Å². The summed E-state index contributed by atoms with van der Waals surface area (Å²) in [4.78, 5) is 18.6. The summed E-state index contributed by atoms with van der Waals surface area (Å²) in [7, 11) is 1.66. The lowest BCUT2D eigenvalue weighted by molar-refractivity contribution is 0.421. The predicted octanol–water partition coefficient (Wildman–Crippen LogP) is 2.85. The highest BCUT2D eigenvalue weighted by Gasteiger charge is 2.13. The molecule has 108 valence electrons. The van der Waals surface area contributed by atoms with Gasteiger partial charge in [0.1, 0.15) is 5.75 Å². The van der Waals surface area contributed by atoms with E-state index in [-0.39, 0.29) is 5.56 Å². The largest absolute Gasteiger partial charge is 0.495 e. The van der Waals surface area contributed by atoms with E-state index >= 15 is 0 Å². The van der Waals surface area contributed by atoms with Crippen molar-refractivity contribution in [2.24, 2.45) is 0 Å². The summed E-state index contributed by atoms with van der Waals surface area (Å²) in [5.74, 6) is 1.29. The second kappa shape index (κ2) is 4.73. The van der Waals surface area contributed by atoms with E-state index in [1.807, 2.05) is 42.6 Å². The van der Waals surface area contributed by atoms with E-state index in [1.165, 1.54) is 6.07 Å². The first-order valence-corrected chi connectivity index (χ1v) is 6.90. The van der Waals surface area contributed by atoms with Crippen molar-refractivity contribution < 1.29 is 4.74 Å². The topological polar surface area (TPSA) is 59.4 Å². The molecule has 0 aliphatic heterocycles. The summed E-state index contributed by atoms with van der Waals surface area (Å²) < 4.78 is 7.39. The Bertz CT molecular complexity index is 1050. The second-order valence-corrected chi connectivity index (χ2v) is 5.03. The molecule has 0 radical (unpaired) electrons. The van der Waals surface area contributed by atoms with Crippen LogP contribution in [0, 0.1) is 0 Å². The number of benzene rings is 2. The van der Waals surface area contributed by atoms with Crippen molar-refractivity contribution in [1.82, 2.24) is 14.4 Å². The quantitative estimate of drug-likeness (QED) is 0.618. The zero-order valence-electron chi connectivity index (χ0n) is 11.9. The fraction of sp³-hybridized carbons (Fsp3) is 0.0588. The molecule has 0 saturated heterocycles. The molecule has 0 spiro atoms. The van der Waals surface area contributed by atoms with Crippen LogP contribution in [0.2, 0.25) is 0 Å². The molecule has 0 saturated carbocycles. The van der Waals surface area contributed by atoms with Gasteiger partial charge in [-0.2, -0.15) is 0 Å². The zero-order chi connectivity index (χ0) is 15.1. The maximum atomic E-state index is 11.4. The fourth-order valence-electron chi connectivity index (χ4n) is 2.69. The van der Waals surface area contributed by atoms with Gasteiger partial charge < -0.3 is 4.74 Å². The summed E-state index contributed by atoms with van der Waals surface area (Å²) in [6.07, 6.45) is 3.57. The number of imidazole rings is 1. The van der Waals surface area contributed by atoms with Gasteiger partial charge in [-0.05, 0) is 11.5 Å². The van der Waals surface area contributed by atoms with Crippen LogP contribution in [0.3, 0.4) is 0 Å². The van der Waals surface area contributed by atoms with Crippen molar-refractivity contribution in [2.45, 2.75) is 0 Å². The number of hydrogen-bond donors (Lipinski definition) is 1. The minimum atomic E-state index is -0.171. The van der Waals surface area contributed by atoms with Crippen LogP contribution in [0.1, 0.15) is 0 Å². The molecular formula is C17H13N3O2. The number of methoxy groups -OCH3 is 1. The average molecular weight is 291 g/mol. The third-order valence-electron chi connectivity index (χ3n) is 3.71. The Morgan fingerprint density at radius 3 is 2.86 bits per heavy atom. The molecule has 0 amide bonds. The van der Waals surface area contributed by atoms with Gasteiger partial charge in [-0.15, -0.1) is 0 Å². The monoisotopic (exact) mass is 291 g/mol. The first-order chi connectivity index (χ1) is 10.8. The van der Waals surface area contributed by atoms with Crippen molar-refractivity contribution in [2.75, 3.05) is 7.11 Å². The molecule has 2 aromatic heterocycles. The Morgan fingerprint density at radius 2 is 2.00 bits per heavy atom. The molecular weight excluding hydrogens is 278 g/mol. The molecule has 0 aliphatic carbocycles. The Morgan fingerprint density at radius 1 is 1.14 bits per heavy atom. The number of fused-ring (bicyclic) bond motifs is 2. The predicted molar refractivity (Wildman–Crippen MR) is 85.3 cm³/mol. The van der Waals surface area contributed by atoms with Crippen LogP contribution in [0.4, 0.5) is 0 Å². The standard InChI is InChI=1S/C17H13N3O2/c1-22-16-12-5-3-2-4-11(12)6-7-13(16)14-10-20-9-8-15(21)19-17(20)18-14/h2-10H,1H3,(H,18,19,21). The summed E-state index contributed by atoms with van der Waals surface area (Å²) in [6, 6.07) is 13.5. The highest BCUT2D eigenvalue weighted by molar-refractivity contribution is 5.94. The Balaban J connectivity index is 2.01. The first kappa shape index (κ1) is 12.6. The fourth-order valence-corrected chi connectivity index (χ4v) is 2.69. The lowest BCUT2D eigenvalue weighted by Crippen LogP contribution is -2.05. The Labute approximate surface area is 125 Å². The SMILES string of the molecule is COc1c(-c2cn3ccc(=O)[nH]c3n2)ccc2ccccc12. The third kappa shape index (κ3) is 1.87. The zero-order valence-corrected chi connectivity index (χ0v) is 11.9. The maximum Gasteiger partial charge on any atom is 0.252 e. The van der Waals surface area contributed by atoms with Gasteiger partial charge in [-0.3, -0.25) is 14.2 Å². The van der Waals surface area contributed by atoms with E-state index in [0.717, 1.165) is 27.8 Å². The van der Waals surface area contributed by atoms with Gasteiger partial charge in [0.25, 0.3) is 5.56 Å². The summed E-state index contributed by atoms with van der Waals surface area (Å²) in [5, 5.41) is 2.15. The minimum Gasteiger partial charge on any atom is -0.495 e. The molecule has 0 fully saturated rings. The van der Waals surface area contributed by atoms with Gasteiger partial charge in [-0.25, -0.2) is 4.98 Å². The molecule has 0 aliphatic rings. The van der Waals surface area contributed by atoms with Gasteiger partial charge in [0.15, 0.2) is 0 Å². The molecule has 2 heterocycles. The molecule has 4 aromatic rings. The smallest absolute Gasteiger partial charge is 0.252 e. The highest BCUT2D eigenvalue weighted by Crippen LogP contribution is 2.36. The summed E-state index contributed by atoms with van der Waals surface area (Å²) in [6.45, 7) is 0. The number of nitrogens with zero attached hydrogens (tertiary/aromatic N) is 2. The minimum absolute atomic E-state index is 0.171. The molecule has 0 bridgehead atoms. The molecule has 5 heteroatoms. The molecule has 4 rings (SSSR count). The van der Waals surface area contributed by atoms with Crippen molar-refractivity contribution >= 4 is 16.6 Å². The number of H-pyrrole nitrogens is 1. The molecule has 5 nitrogen and oxygen atoms in total. The van der Waals surface area contributed by atoms with Crippen LogP contribution < -0.4 is 10.3 Å². The Hall–Kier alpha value is -3.08. The van der Waals surface area contributed by atoms with E-state index in [1.54, 1.807) is 17.7 Å². The highest BCUT2D eigenvalue weighted by atomic mass is 16.5. The number of ether oxygens (including phenoxy) is 1. The maximum absolute atomic E-state index is 11.4. The summed E-state index contributed by atoms with van der Waals surface area (Å²) >= 11 is 0. The van der Waals surface area contributed by atoms with Crippen LogP contribution in [-0.2, 0) is 0 Å². The van der Waals surface area contributed by atoms with E-state index in [4.69, 9.17) is 4.74 Å². The van der Waals surface area contributed by atoms with Crippen LogP contribution in [0.5, 0.6) is 5.75 Å². The number of aromatic nitrogens is 3. The van der Waals surface area contributed by atoms with E-state index in [9.17, 15) is 4.79 Å². The van der Waals surface area contributed by atoms with Crippen molar-refractivity contribution in [3.05, 3.63) is 65.2 Å². The van der Waals surface area contributed by atoms with E-state index < -0.39 is 0 Å². The number of hydrogen-bond acceptors (Lipinski definition) is 3. The average Bonchev–Trinajstić information content (AvgIpc) is 2.96. The van der Waals surface area contributed by atoms with Gasteiger partial charge in [-0.1, -0.05) is 30.3 Å². The Kier molecular flexibility index (Phi) is 2.72. The number of rotatable bonds is 2. The van der Waals surface area contributed by atoms with Crippen molar-refractivity contribution in [3.63, 3.8) is 0 Å². The van der Waals surface area contributed by atoms with E-state index in [2.05, 4.69) is 9.97 Å². The summed E-state index contributed by atoms with van der Waals surface area (Å²) in [5.41, 5.74) is 1.48. The first-order valence-electron chi connectivity index (χ1n) is 6.90. The van der Waals surface area contributed by atoms with Crippen LogP contribution in [0.15, 0.2) is 59.7 Å². The van der Waals surface area contributed by atoms with Crippen molar-refractivity contribution in [1.29, 1.82) is 0 Å². The molecule has 0 atom stereocenters. The normalized spacial score (nSPS) is 11.1. The number of nitrogens with one attached hydrogen (secondary N) is 1. The van der Waals surface area contributed by atoms with Gasteiger partial charge in [0.2, 0.25) is 5.78 Å². The second-order valence-electron chi connectivity index (χ2n) is 5.03. The molecule has 0 unspecified atom stereocenters. The third-order valence-corrected chi connectivity index (χ3v) is 3.71. The van der Waals surface area contributed by atoms with Gasteiger partial charge >= 0.3 is 0 Å². The molecule has 22 heavy (non-hydrogen) atoms. The molecule has 2 aromatic carbocycles. The lowest BCUT2D eigenvalue weighted by atomic mass is 10.0. The molecule has 1 N–H and O–H groups in total. The van der Waals surface area contributed by atoms with Gasteiger partial charge in [0.05, 0.1) is 12.8 Å². The number of aromatic amines is 1. The van der Waals surface area contributed by atoms with Crippen LogP contribution in [0.25, 0.3) is 27.8 Å².